The molecule has 4 aromatic rings. The molecule has 4 aromatic carbocycles. The Balaban J connectivity index is 1.56. The number of ketones is 3. The normalized spacial score (nSPS) is 21.9. The van der Waals surface area contributed by atoms with Crippen molar-refractivity contribution in [1.82, 2.24) is 0 Å². The van der Waals surface area contributed by atoms with Gasteiger partial charge >= 0.3 is 0 Å². The van der Waals surface area contributed by atoms with Gasteiger partial charge in [0.05, 0.1) is 6.04 Å². The van der Waals surface area contributed by atoms with E-state index in [9.17, 15) is 14.4 Å². The number of Topliss-reactive ketones (excluding diaryl/α,β-unsaturated/α-hetero) is 3. The number of hydrogen-bond acceptors (Lipinski definition) is 4. The molecule has 1 fully saturated rings. The van der Waals surface area contributed by atoms with Crippen molar-refractivity contribution in [3.05, 3.63) is 140 Å². The van der Waals surface area contributed by atoms with Gasteiger partial charge in [-0.15, -0.1) is 0 Å². The summed E-state index contributed by atoms with van der Waals surface area (Å²) in [4.78, 5) is 45.9. The molecule has 3 atom stereocenters. The lowest BCUT2D eigenvalue weighted by Crippen LogP contribution is -2.48. The van der Waals surface area contributed by atoms with Crippen molar-refractivity contribution in [2.45, 2.75) is 24.9 Å². The first-order valence-electron chi connectivity index (χ1n) is 13.1. The number of para-hydroxylation sites is 1. The Morgan fingerprint density at radius 2 is 1.48 bits per heavy atom. The molecule has 7 rings (SSSR count). The van der Waals surface area contributed by atoms with Crippen molar-refractivity contribution in [2.24, 2.45) is 5.41 Å². The summed E-state index contributed by atoms with van der Waals surface area (Å²) in [6, 6.07) is 25.5. The minimum atomic E-state index is -1.60. The van der Waals surface area contributed by atoms with Crippen LogP contribution in [0.15, 0.2) is 97.1 Å². The molecule has 1 spiro atoms. The summed E-state index contributed by atoms with van der Waals surface area (Å²) in [5.74, 6) is -1.64. The van der Waals surface area contributed by atoms with Crippen LogP contribution in [-0.4, -0.2) is 29.4 Å². The summed E-state index contributed by atoms with van der Waals surface area (Å²) in [6.07, 6.45) is 3.85. The van der Waals surface area contributed by atoms with Gasteiger partial charge in [-0.05, 0) is 36.2 Å². The zero-order valence-corrected chi connectivity index (χ0v) is 23.0. The molecule has 0 bridgehead atoms. The van der Waals surface area contributed by atoms with E-state index in [1.54, 1.807) is 54.6 Å². The van der Waals surface area contributed by atoms with Crippen LogP contribution in [0, 0.1) is 12.3 Å². The Labute approximate surface area is 241 Å². The van der Waals surface area contributed by atoms with Gasteiger partial charge in [-0.2, -0.15) is 0 Å². The number of nitrogens with zero attached hydrogens (tertiary/aromatic N) is 1. The molecule has 6 heteroatoms. The van der Waals surface area contributed by atoms with Crippen molar-refractivity contribution >= 4 is 52.3 Å². The van der Waals surface area contributed by atoms with E-state index in [1.807, 2.05) is 60.4 Å². The number of hydrogen-bond donors (Lipinski definition) is 0. The lowest BCUT2D eigenvalue weighted by atomic mass is 9.64. The summed E-state index contributed by atoms with van der Waals surface area (Å²) < 4.78 is 0. The van der Waals surface area contributed by atoms with Crippen LogP contribution in [0.4, 0.5) is 5.69 Å². The summed E-state index contributed by atoms with van der Waals surface area (Å²) >= 11 is 13.2. The first kappa shape index (κ1) is 25.0. The van der Waals surface area contributed by atoms with E-state index in [0.29, 0.717) is 32.3 Å². The predicted octanol–water partition coefficient (Wildman–Crippen LogP) is 7.62. The van der Waals surface area contributed by atoms with Crippen LogP contribution >= 0.6 is 23.2 Å². The Bertz CT molecular complexity index is 1740. The fourth-order valence-corrected chi connectivity index (χ4v) is 7.43. The molecule has 1 aliphatic carbocycles. The summed E-state index contributed by atoms with van der Waals surface area (Å²) in [6.45, 7) is 1.96. The van der Waals surface area contributed by atoms with E-state index in [2.05, 4.69) is 0 Å². The molecule has 0 unspecified atom stereocenters. The number of halogens is 2. The monoisotopic (exact) mass is 563 g/mol. The Morgan fingerprint density at radius 1 is 0.825 bits per heavy atom. The average Bonchev–Trinajstić information content (AvgIpc) is 3.39. The van der Waals surface area contributed by atoms with Gasteiger partial charge in [0, 0.05) is 38.3 Å². The third-order valence-electron chi connectivity index (χ3n) is 8.62. The van der Waals surface area contributed by atoms with Gasteiger partial charge in [-0.1, -0.05) is 114 Å². The lowest BCUT2D eigenvalue weighted by Gasteiger charge is -2.37. The molecule has 196 valence electrons. The molecular formula is C34H23Cl2NO3. The van der Waals surface area contributed by atoms with Crippen LogP contribution in [0.1, 0.15) is 53.7 Å². The van der Waals surface area contributed by atoms with Gasteiger partial charge in [0.25, 0.3) is 0 Å². The van der Waals surface area contributed by atoms with E-state index >= 15 is 0 Å². The summed E-state index contributed by atoms with van der Waals surface area (Å²) in [5, 5.41) is 0.741. The fourth-order valence-electron chi connectivity index (χ4n) is 6.90. The maximum atomic E-state index is 14.7. The second-order valence-corrected chi connectivity index (χ2v) is 11.5. The zero-order chi connectivity index (χ0) is 27.8. The van der Waals surface area contributed by atoms with E-state index in [4.69, 9.17) is 23.2 Å². The molecular weight excluding hydrogens is 541 g/mol. The van der Waals surface area contributed by atoms with Crippen molar-refractivity contribution in [3.63, 3.8) is 0 Å². The van der Waals surface area contributed by atoms with Crippen LogP contribution in [0.25, 0.3) is 6.08 Å². The SMILES string of the molecule is Cc1ccc(C(=O)[C@H]2[C@H](c3ccc(Cl)cc3Cl)C3(C(=O)c4ccccc4C3=O)[C@H]3C=Cc4ccccc4N23)cc1. The molecule has 2 aliphatic heterocycles. The molecule has 0 saturated carbocycles. The Hall–Kier alpha value is -3.99. The van der Waals surface area contributed by atoms with E-state index in [0.717, 1.165) is 16.8 Å². The van der Waals surface area contributed by atoms with Crippen molar-refractivity contribution in [1.29, 1.82) is 0 Å². The third-order valence-corrected chi connectivity index (χ3v) is 9.18. The number of rotatable bonds is 3. The molecule has 0 N–H and O–H groups in total. The molecule has 3 aliphatic rings. The molecule has 4 nitrogen and oxygen atoms in total. The maximum Gasteiger partial charge on any atom is 0.185 e. The smallest absolute Gasteiger partial charge is 0.185 e. The molecule has 0 amide bonds. The quantitative estimate of drug-likeness (QED) is 0.190. The molecule has 0 aromatic heterocycles. The van der Waals surface area contributed by atoms with E-state index in [-0.39, 0.29) is 17.3 Å². The summed E-state index contributed by atoms with van der Waals surface area (Å²) in [7, 11) is 0. The Kier molecular flexibility index (Phi) is 5.64. The number of aryl methyl sites for hydroxylation is 1. The highest BCUT2D eigenvalue weighted by Crippen LogP contribution is 2.61. The highest BCUT2D eigenvalue weighted by Gasteiger charge is 2.71. The second kappa shape index (κ2) is 9.02. The van der Waals surface area contributed by atoms with Gasteiger partial charge in [-0.3, -0.25) is 14.4 Å². The van der Waals surface area contributed by atoms with Crippen molar-refractivity contribution in [3.8, 4) is 0 Å². The van der Waals surface area contributed by atoms with Crippen LogP contribution in [0.3, 0.4) is 0 Å². The fraction of sp³-hybridized carbons (Fsp3) is 0.147. The number of carbonyl (C=O) groups is 3. The molecule has 1 saturated heterocycles. The standard InChI is InChI=1S/C34H23Cl2NO3/c1-19-10-12-21(13-11-19)31(38)30-29(25-16-15-22(35)18-26(25)36)34(32(39)23-7-3-4-8-24(23)33(34)40)28-17-14-20-6-2-5-9-27(20)37(28)30/h2-18,28-30H,1H3/t28-,29+,30-/m1/s1. The first-order chi connectivity index (χ1) is 19.3. The lowest BCUT2D eigenvalue weighted by molar-refractivity contribution is 0.0666. The number of benzene rings is 4. The second-order valence-electron chi connectivity index (χ2n) is 10.7. The number of fused-ring (bicyclic) bond motifs is 5. The minimum absolute atomic E-state index is 0.181. The maximum absolute atomic E-state index is 14.7. The van der Waals surface area contributed by atoms with Crippen LogP contribution in [-0.2, 0) is 0 Å². The van der Waals surface area contributed by atoms with Crippen LogP contribution in [0.2, 0.25) is 10.0 Å². The van der Waals surface area contributed by atoms with Crippen LogP contribution < -0.4 is 4.90 Å². The van der Waals surface area contributed by atoms with Gasteiger partial charge in [0.2, 0.25) is 0 Å². The molecule has 0 radical (unpaired) electrons. The minimum Gasteiger partial charge on any atom is -0.352 e. The van der Waals surface area contributed by atoms with E-state index < -0.39 is 23.4 Å². The van der Waals surface area contributed by atoms with Gasteiger partial charge < -0.3 is 4.90 Å². The van der Waals surface area contributed by atoms with Crippen LogP contribution in [0.5, 0.6) is 0 Å². The third kappa shape index (κ3) is 3.30. The number of anilines is 1. The first-order valence-corrected chi connectivity index (χ1v) is 13.9. The predicted molar refractivity (Wildman–Crippen MR) is 158 cm³/mol. The zero-order valence-electron chi connectivity index (χ0n) is 21.5. The van der Waals surface area contributed by atoms with Crippen molar-refractivity contribution < 1.29 is 14.4 Å². The number of carbonyl (C=O) groups excluding carboxylic acids is 3. The molecule has 2 heterocycles. The highest BCUT2D eigenvalue weighted by atomic mass is 35.5. The average molecular weight is 564 g/mol. The largest absolute Gasteiger partial charge is 0.352 e. The topological polar surface area (TPSA) is 54.5 Å². The Morgan fingerprint density at radius 3 is 2.15 bits per heavy atom. The van der Waals surface area contributed by atoms with Gasteiger partial charge in [0.15, 0.2) is 17.3 Å². The van der Waals surface area contributed by atoms with Gasteiger partial charge in [0.1, 0.15) is 11.5 Å². The van der Waals surface area contributed by atoms with E-state index in [1.165, 1.54) is 0 Å². The summed E-state index contributed by atoms with van der Waals surface area (Å²) in [5.41, 5.74) is 2.93. The molecule has 40 heavy (non-hydrogen) atoms. The van der Waals surface area contributed by atoms with Crippen molar-refractivity contribution in [2.75, 3.05) is 4.90 Å². The van der Waals surface area contributed by atoms with Gasteiger partial charge in [-0.25, -0.2) is 0 Å². The highest BCUT2D eigenvalue weighted by molar-refractivity contribution is 6.36.